The van der Waals surface area contributed by atoms with Crippen molar-refractivity contribution in [3.63, 3.8) is 0 Å². The van der Waals surface area contributed by atoms with Crippen LogP contribution in [0.15, 0.2) is 24.4 Å². The maximum absolute atomic E-state index is 5.65. The minimum Gasteiger partial charge on any atom is -0.330 e. The zero-order valence-corrected chi connectivity index (χ0v) is 9.99. The Bertz CT molecular complexity index is 512. The van der Waals surface area contributed by atoms with Gasteiger partial charge in [0.15, 0.2) is 0 Å². The highest BCUT2D eigenvalue weighted by atomic mass is 15.1. The minimum atomic E-state index is 0.522. The van der Waals surface area contributed by atoms with Crippen molar-refractivity contribution in [1.82, 2.24) is 9.55 Å². The average molecular weight is 215 g/mol. The number of aryl methyl sites for hydroxylation is 2. The van der Waals surface area contributed by atoms with E-state index in [1.165, 1.54) is 16.7 Å². The molecule has 0 aliphatic carbocycles. The van der Waals surface area contributed by atoms with E-state index in [0.717, 1.165) is 11.5 Å². The Balaban J connectivity index is 2.58. The smallest absolute Gasteiger partial charge is 0.140 e. The molecule has 84 valence electrons. The van der Waals surface area contributed by atoms with Gasteiger partial charge in [0.05, 0.1) is 11.9 Å². The first-order chi connectivity index (χ1) is 7.63. The maximum Gasteiger partial charge on any atom is 0.140 e. The van der Waals surface area contributed by atoms with E-state index in [2.05, 4.69) is 41.6 Å². The lowest BCUT2D eigenvalue weighted by Gasteiger charge is -2.08. The molecule has 3 heteroatoms. The molecule has 0 saturated carbocycles. The van der Waals surface area contributed by atoms with Crippen LogP contribution in [0.5, 0.6) is 0 Å². The van der Waals surface area contributed by atoms with Crippen molar-refractivity contribution < 1.29 is 0 Å². The van der Waals surface area contributed by atoms with Gasteiger partial charge >= 0.3 is 0 Å². The third kappa shape index (κ3) is 1.74. The first-order valence-electron chi connectivity index (χ1n) is 5.41. The maximum atomic E-state index is 5.65. The molecule has 0 radical (unpaired) electrons. The number of nitrogens with zero attached hydrogens (tertiary/aromatic N) is 2. The molecule has 0 bridgehead atoms. The standard InChI is InChI=1S/C13H17N3/c1-9-4-5-10(2)12(6-9)13-15-8-11(7-14)16(13)3/h4-6,8H,7,14H2,1-3H3. The second-order valence-corrected chi connectivity index (χ2v) is 4.15. The Morgan fingerprint density at radius 3 is 2.69 bits per heavy atom. The van der Waals surface area contributed by atoms with E-state index in [4.69, 9.17) is 5.73 Å². The monoisotopic (exact) mass is 215 g/mol. The fraction of sp³-hybridized carbons (Fsp3) is 0.308. The van der Waals surface area contributed by atoms with Gasteiger partial charge in [0.2, 0.25) is 0 Å². The Morgan fingerprint density at radius 1 is 1.31 bits per heavy atom. The van der Waals surface area contributed by atoms with Crippen LogP contribution in [-0.4, -0.2) is 9.55 Å². The van der Waals surface area contributed by atoms with Crippen molar-refractivity contribution in [2.45, 2.75) is 20.4 Å². The zero-order valence-electron chi connectivity index (χ0n) is 9.99. The fourth-order valence-corrected chi connectivity index (χ4v) is 1.86. The first kappa shape index (κ1) is 10.9. The largest absolute Gasteiger partial charge is 0.330 e. The summed E-state index contributed by atoms with van der Waals surface area (Å²) in [7, 11) is 2.01. The number of imidazole rings is 1. The molecule has 3 nitrogen and oxygen atoms in total. The van der Waals surface area contributed by atoms with Crippen LogP contribution in [0.4, 0.5) is 0 Å². The minimum absolute atomic E-state index is 0.522. The van der Waals surface area contributed by atoms with Gasteiger partial charge in [0, 0.05) is 19.2 Å². The number of hydrogen-bond acceptors (Lipinski definition) is 2. The van der Waals surface area contributed by atoms with Gasteiger partial charge in [-0.25, -0.2) is 4.98 Å². The predicted molar refractivity (Wildman–Crippen MR) is 66.0 cm³/mol. The van der Waals surface area contributed by atoms with Crippen molar-refractivity contribution in [2.75, 3.05) is 0 Å². The number of hydrogen-bond donors (Lipinski definition) is 1. The molecular weight excluding hydrogens is 198 g/mol. The van der Waals surface area contributed by atoms with Crippen molar-refractivity contribution in [3.05, 3.63) is 41.2 Å². The molecular formula is C13H17N3. The van der Waals surface area contributed by atoms with Gasteiger partial charge in [0.25, 0.3) is 0 Å². The molecule has 0 spiro atoms. The number of nitrogens with two attached hydrogens (primary N) is 1. The average Bonchev–Trinajstić information content (AvgIpc) is 2.63. The lowest BCUT2D eigenvalue weighted by molar-refractivity contribution is 0.828. The van der Waals surface area contributed by atoms with Crippen LogP contribution in [0.3, 0.4) is 0 Å². The molecule has 1 aromatic heterocycles. The van der Waals surface area contributed by atoms with Gasteiger partial charge in [-0.2, -0.15) is 0 Å². The second-order valence-electron chi connectivity index (χ2n) is 4.15. The molecule has 0 atom stereocenters. The van der Waals surface area contributed by atoms with Crippen LogP contribution in [0.1, 0.15) is 16.8 Å². The number of rotatable bonds is 2. The van der Waals surface area contributed by atoms with E-state index in [0.29, 0.717) is 6.54 Å². The predicted octanol–water partition coefficient (Wildman–Crippen LogP) is 2.16. The normalized spacial score (nSPS) is 10.8. The van der Waals surface area contributed by atoms with Crippen LogP contribution in [0.25, 0.3) is 11.4 Å². The molecule has 0 aliphatic heterocycles. The molecule has 1 aromatic carbocycles. The molecule has 1 heterocycles. The van der Waals surface area contributed by atoms with E-state index < -0.39 is 0 Å². The van der Waals surface area contributed by atoms with Crippen LogP contribution < -0.4 is 5.73 Å². The Kier molecular flexibility index (Phi) is 2.79. The van der Waals surface area contributed by atoms with Crippen LogP contribution in [-0.2, 0) is 13.6 Å². The molecule has 0 aliphatic rings. The Morgan fingerprint density at radius 2 is 2.06 bits per heavy atom. The highest BCUT2D eigenvalue weighted by Crippen LogP contribution is 2.23. The molecule has 2 rings (SSSR count). The van der Waals surface area contributed by atoms with E-state index in [-0.39, 0.29) is 0 Å². The van der Waals surface area contributed by atoms with E-state index in [1.54, 1.807) is 0 Å². The molecule has 2 N–H and O–H groups in total. The van der Waals surface area contributed by atoms with Gasteiger partial charge in [-0.05, 0) is 25.5 Å². The summed E-state index contributed by atoms with van der Waals surface area (Å²) in [4.78, 5) is 4.44. The third-order valence-electron chi connectivity index (χ3n) is 2.93. The third-order valence-corrected chi connectivity index (χ3v) is 2.93. The van der Waals surface area contributed by atoms with Crippen molar-refractivity contribution in [2.24, 2.45) is 12.8 Å². The molecule has 0 unspecified atom stereocenters. The quantitative estimate of drug-likeness (QED) is 0.834. The summed E-state index contributed by atoms with van der Waals surface area (Å²) in [6, 6.07) is 6.41. The summed E-state index contributed by atoms with van der Waals surface area (Å²) in [5.41, 5.74) is 10.4. The molecule has 0 saturated heterocycles. The van der Waals surface area contributed by atoms with Gasteiger partial charge in [-0.3, -0.25) is 0 Å². The molecule has 0 amide bonds. The van der Waals surface area contributed by atoms with E-state index in [1.807, 2.05) is 13.2 Å². The highest BCUT2D eigenvalue weighted by Gasteiger charge is 2.09. The lowest BCUT2D eigenvalue weighted by atomic mass is 10.1. The number of aromatic nitrogens is 2. The summed E-state index contributed by atoms with van der Waals surface area (Å²) >= 11 is 0. The lowest BCUT2D eigenvalue weighted by Crippen LogP contribution is -2.04. The van der Waals surface area contributed by atoms with Crippen LogP contribution in [0.2, 0.25) is 0 Å². The molecule has 2 aromatic rings. The highest BCUT2D eigenvalue weighted by molar-refractivity contribution is 5.61. The van der Waals surface area contributed by atoms with E-state index in [9.17, 15) is 0 Å². The topological polar surface area (TPSA) is 43.8 Å². The zero-order chi connectivity index (χ0) is 11.7. The van der Waals surface area contributed by atoms with Gasteiger partial charge in [-0.1, -0.05) is 17.7 Å². The summed E-state index contributed by atoms with van der Waals surface area (Å²) in [5, 5.41) is 0. The van der Waals surface area contributed by atoms with Crippen molar-refractivity contribution in [1.29, 1.82) is 0 Å². The van der Waals surface area contributed by atoms with Crippen molar-refractivity contribution >= 4 is 0 Å². The Labute approximate surface area is 95.9 Å². The van der Waals surface area contributed by atoms with Gasteiger partial charge in [0.1, 0.15) is 5.82 Å². The van der Waals surface area contributed by atoms with Crippen LogP contribution >= 0.6 is 0 Å². The fourth-order valence-electron chi connectivity index (χ4n) is 1.86. The molecule has 16 heavy (non-hydrogen) atoms. The van der Waals surface area contributed by atoms with Gasteiger partial charge < -0.3 is 10.3 Å². The van der Waals surface area contributed by atoms with E-state index >= 15 is 0 Å². The molecule has 0 fully saturated rings. The number of benzene rings is 1. The summed E-state index contributed by atoms with van der Waals surface area (Å²) < 4.78 is 2.06. The summed E-state index contributed by atoms with van der Waals surface area (Å²) in [6.45, 7) is 4.72. The first-order valence-corrected chi connectivity index (χ1v) is 5.41. The second kappa shape index (κ2) is 4.10. The Hall–Kier alpha value is -1.61. The van der Waals surface area contributed by atoms with Crippen molar-refractivity contribution in [3.8, 4) is 11.4 Å². The van der Waals surface area contributed by atoms with Crippen LogP contribution in [0, 0.1) is 13.8 Å². The SMILES string of the molecule is Cc1ccc(C)c(-c2ncc(CN)n2C)c1. The summed E-state index contributed by atoms with van der Waals surface area (Å²) in [5.74, 6) is 0.988. The van der Waals surface area contributed by atoms with Gasteiger partial charge in [-0.15, -0.1) is 0 Å². The summed E-state index contributed by atoms with van der Waals surface area (Å²) in [6.07, 6.45) is 1.84.